The molecule has 23 heavy (non-hydrogen) atoms. The van der Waals surface area contributed by atoms with E-state index in [2.05, 4.69) is 72.5 Å². The van der Waals surface area contributed by atoms with Crippen LogP contribution in [0.3, 0.4) is 0 Å². The standard InChI is InChI=1S/C21H28N2/c1-17(23-14-12-20(22)13-15-23)16-21(18-8-4-2-5-9-18)19-10-6-3-7-11-19/h2-11,17,20-21H,12-16,22H2,1H3. The lowest BCUT2D eigenvalue weighted by Gasteiger charge is -2.36. The molecule has 1 heterocycles. The van der Waals surface area contributed by atoms with Crippen molar-refractivity contribution in [2.75, 3.05) is 13.1 Å². The van der Waals surface area contributed by atoms with Crippen LogP contribution in [0.25, 0.3) is 0 Å². The van der Waals surface area contributed by atoms with Gasteiger partial charge < -0.3 is 10.6 Å². The average molecular weight is 308 g/mol. The fraction of sp³-hybridized carbons (Fsp3) is 0.429. The number of piperidine rings is 1. The second kappa shape index (κ2) is 7.76. The summed E-state index contributed by atoms with van der Waals surface area (Å²) in [5, 5.41) is 0. The molecule has 3 rings (SSSR count). The number of hydrogen-bond donors (Lipinski definition) is 1. The Hall–Kier alpha value is -1.64. The van der Waals surface area contributed by atoms with Crippen LogP contribution in [0.15, 0.2) is 60.7 Å². The molecule has 0 bridgehead atoms. The SMILES string of the molecule is CC(CC(c1ccccc1)c1ccccc1)N1CCC(N)CC1. The molecule has 0 aliphatic carbocycles. The summed E-state index contributed by atoms with van der Waals surface area (Å²) < 4.78 is 0. The quantitative estimate of drug-likeness (QED) is 0.904. The maximum atomic E-state index is 6.05. The number of rotatable bonds is 5. The summed E-state index contributed by atoms with van der Waals surface area (Å²) in [6.45, 7) is 4.65. The number of likely N-dealkylation sites (tertiary alicyclic amines) is 1. The van der Waals surface area contributed by atoms with Crippen LogP contribution in [-0.4, -0.2) is 30.1 Å². The third-order valence-corrected chi connectivity index (χ3v) is 5.18. The molecule has 0 radical (unpaired) electrons. The predicted molar refractivity (Wildman–Crippen MR) is 97.6 cm³/mol. The number of nitrogens with two attached hydrogens (primary N) is 1. The highest BCUT2D eigenvalue weighted by Gasteiger charge is 2.24. The fourth-order valence-corrected chi connectivity index (χ4v) is 3.69. The summed E-state index contributed by atoms with van der Waals surface area (Å²) in [4.78, 5) is 2.61. The zero-order chi connectivity index (χ0) is 16.1. The highest BCUT2D eigenvalue weighted by molar-refractivity contribution is 5.32. The van der Waals surface area contributed by atoms with Crippen LogP contribution in [0.2, 0.25) is 0 Å². The summed E-state index contributed by atoms with van der Waals surface area (Å²) in [6, 6.07) is 22.8. The van der Waals surface area contributed by atoms with Gasteiger partial charge in [-0.15, -0.1) is 0 Å². The third-order valence-electron chi connectivity index (χ3n) is 5.18. The van der Waals surface area contributed by atoms with E-state index in [1.807, 2.05) is 0 Å². The van der Waals surface area contributed by atoms with Crippen molar-refractivity contribution in [3.05, 3.63) is 71.8 Å². The van der Waals surface area contributed by atoms with E-state index in [4.69, 9.17) is 5.73 Å². The molecule has 1 aliphatic heterocycles. The molecule has 0 amide bonds. The Labute approximate surface area is 140 Å². The van der Waals surface area contributed by atoms with Crippen molar-refractivity contribution in [1.29, 1.82) is 0 Å². The fourth-order valence-electron chi connectivity index (χ4n) is 3.69. The van der Waals surface area contributed by atoms with Gasteiger partial charge >= 0.3 is 0 Å². The van der Waals surface area contributed by atoms with E-state index in [-0.39, 0.29) is 0 Å². The normalized spacial score (nSPS) is 18.2. The topological polar surface area (TPSA) is 29.3 Å². The van der Waals surface area contributed by atoms with Crippen LogP contribution in [0.5, 0.6) is 0 Å². The van der Waals surface area contributed by atoms with Crippen LogP contribution in [0, 0.1) is 0 Å². The first-order valence-corrected chi connectivity index (χ1v) is 8.83. The minimum absolute atomic E-state index is 0.400. The summed E-state index contributed by atoms with van der Waals surface area (Å²) in [5.74, 6) is 0.461. The molecule has 2 nitrogen and oxygen atoms in total. The van der Waals surface area contributed by atoms with Crippen molar-refractivity contribution < 1.29 is 0 Å². The highest BCUT2D eigenvalue weighted by atomic mass is 15.2. The van der Waals surface area contributed by atoms with Gasteiger partial charge in [0, 0.05) is 18.0 Å². The van der Waals surface area contributed by atoms with Crippen molar-refractivity contribution in [3.8, 4) is 0 Å². The van der Waals surface area contributed by atoms with E-state index < -0.39 is 0 Å². The molecule has 0 spiro atoms. The van der Waals surface area contributed by atoms with Gasteiger partial charge in [-0.2, -0.15) is 0 Å². The monoisotopic (exact) mass is 308 g/mol. The highest BCUT2D eigenvalue weighted by Crippen LogP contribution is 2.31. The number of hydrogen-bond acceptors (Lipinski definition) is 2. The van der Waals surface area contributed by atoms with Gasteiger partial charge in [0.1, 0.15) is 0 Å². The largest absolute Gasteiger partial charge is 0.328 e. The first-order valence-electron chi connectivity index (χ1n) is 8.83. The van der Waals surface area contributed by atoms with Gasteiger partial charge in [0.2, 0.25) is 0 Å². The molecule has 1 atom stereocenters. The van der Waals surface area contributed by atoms with E-state index in [0.717, 1.165) is 32.4 Å². The lowest BCUT2D eigenvalue weighted by Crippen LogP contribution is -2.44. The first-order chi connectivity index (χ1) is 11.2. The molecule has 1 unspecified atom stereocenters. The van der Waals surface area contributed by atoms with E-state index >= 15 is 0 Å². The Bertz CT molecular complexity index is 534. The van der Waals surface area contributed by atoms with Gasteiger partial charge in [0.15, 0.2) is 0 Å². The molecule has 1 fully saturated rings. The van der Waals surface area contributed by atoms with Crippen molar-refractivity contribution in [3.63, 3.8) is 0 Å². The second-order valence-electron chi connectivity index (χ2n) is 6.83. The van der Waals surface area contributed by atoms with Gasteiger partial charge in [-0.3, -0.25) is 0 Å². The maximum Gasteiger partial charge on any atom is 0.0104 e. The van der Waals surface area contributed by atoms with Gasteiger partial charge in [0.25, 0.3) is 0 Å². The zero-order valence-corrected chi connectivity index (χ0v) is 14.1. The van der Waals surface area contributed by atoms with Crippen LogP contribution in [-0.2, 0) is 0 Å². The molecule has 2 N–H and O–H groups in total. The van der Waals surface area contributed by atoms with Crippen LogP contribution >= 0.6 is 0 Å². The summed E-state index contributed by atoms with van der Waals surface area (Å²) in [6.07, 6.45) is 3.42. The minimum Gasteiger partial charge on any atom is -0.328 e. The molecule has 0 aromatic heterocycles. The molecule has 1 aliphatic rings. The first kappa shape index (κ1) is 16.2. The summed E-state index contributed by atoms with van der Waals surface area (Å²) in [7, 11) is 0. The molecule has 122 valence electrons. The van der Waals surface area contributed by atoms with Gasteiger partial charge in [0.05, 0.1) is 0 Å². The molecule has 1 saturated heterocycles. The van der Waals surface area contributed by atoms with E-state index in [0.29, 0.717) is 18.0 Å². The van der Waals surface area contributed by atoms with Gasteiger partial charge in [-0.05, 0) is 50.4 Å². The molecular weight excluding hydrogens is 280 g/mol. The van der Waals surface area contributed by atoms with Gasteiger partial charge in [-0.25, -0.2) is 0 Å². The smallest absolute Gasteiger partial charge is 0.0104 e. The third kappa shape index (κ3) is 4.21. The number of benzene rings is 2. The Morgan fingerprint density at radius 1 is 0.913 bits per heavy atom. The molecule has 2 heteroatoms. The van der Waals surface area contributed by atoms with Crippen LogP contribution in [0.4, 0.5) is 0 Å². The van der Waals surface area contributed by atoms with Crippen molar-refractivity contribution in [2.45, 2.75) is 44.2 Å². The predicted octanol–water partition coefficient (Wildman–Crippen LogP) is 4.02. The summed E-state index contributed by atoms with van der Waals surface area (Å²) in [5.41, 5.74) is 8.89. The Morgan fingerprint density at radius 3 is 1.87 bits per heavy atom. The Balaban J connectivity index is 1.76. The van der Waals surface area contributed by atoms with Crippen LogP contribution < -0.4 is 5.73 Å². The van der Waals surface area contributed by atoms with Crippen molar-refractivity contribution >= 4 is 0 Å². The second-order valence-corrected chi connectivity index (χ2v) is 6.83. The molecular formula is C21H28N2. The lowest BCUT2D eigenvalue weighted by molar-refractivity contribution is 0.153. The zero-order valence-electron chi connectivity index (χ0n) is 14.1. The lowest BCUT2D eigenvalue weighted by atomic mass is 9.85. The number of nitrogens with zero attached hydrogens (tertiary/aromatic N) is 1. The van der Waals surface area contributed by atoms with Crippen molar-refractivity contribution in [1.82, 2.24) is 4.90 Å². The van der Waals surface area contributed by atoms with Gasteiger partial charge in [-0.1, -0.05) is 60.7 Å². The molecule has 2 aromatic rings. The molecule has 0 saturated carbocycles. The summed E-state index contributed by atoms with van der Waals surface area (Å²) >= 11 is 0. The van der Waals surface area contributed by atoms with E-state index in [1.165, 1.54) is 11.1 Å². The Kier molecular flexibility index (Phi) is 5.47. The molecule has 2 aromatic carbocycles. The van der Waals surface area contributed by atoms with Crippen LogP contribution in [0.1, 0.15) is 43.2 Å². The maximum absolute atomic E-state index is 6.05. The van der Waals surface area contributed by atoms with E-state index in [9.17, 15) is 0 Å². The average Bonchev–Trinajstić information content (AvgIpc) is 2.61. The van der Waals surface area contributed by atoms with Crippen molar-refractivity contribution in [2.24, 2.45) is 5.73 Å². The van der Waals surface area contributed by atoms with E-state index in [1.54, 1.807) is 0 Å². The minimum atomic E-state index is 0.400. The Morgan fingerprint density at radius 2 is 1.39 bits per heavy atom.